The Morgan fingerprint density at radius 1 is 0.973 bits per heavy atom. The van der Waals surface area contributed by atoms with Gasteiger partial charge < -0.3 is 18.9 Å². The molecular weight excluding hydrogens is 480 g/mol. The van der Waals surface area contributed by atoms with Crippen LogP contribution in [0, 0.1) is 0 Å². The molecule has 0 amide bonds. The lowest BCUT2D eigenvalue weighted by Gasteiger charge is -2.24. The van der Waals surface area contributed by atoms with Gasteiger partial charge in [-0.3, -0.25) is 18.5 Å². The monoisotopic (exact) mass is 520 g/mol. The molecule has 0 radical (unpaired) electrons. The van der Waals surface area contributed by atoms with E-state index in [2.05, 4.69) is 18.8 Å². The highest BCUT2D eigenvalue weighted by Gasteiger charge is 2.58. The zero-order valence-corrected chi connectivity index (χ0v) is 22.6. The molecule has 4 heterocycles. The molecule has 0 bridgehead atoms. The number of carbonyl (C=O) groups excluding carboxylic acids is 1. The molecule has 0 aromatic carbocycles. The van der Waals surface area contributed by atoms with Crippen LogP contribution in [0.5, 0.6) is 0 Å². The summed E-state index contributed by atoms with van der Waals surface area (Å²) in [5, 5.41) is 0. The van der Waals surface area contributed by atoms with Crippen LogP contribution in [0.2, 0.25) is 0 Å². The first-order chi connectivity index (χ1) is 17.7. The zero-order valence-electron chi connectivity index (χ0n) is 22.6. The maximum absolute atomic E-state index is 13.7. The highest BCUT2D eigenvalue weighted by atomic mass is 16.8. The number of methoxy groups -OCH3 is 1. The second kappa shape index (κ2) is 11.5. The molecule has 0 saturated carbocycles. The van der Waals surface area contributed by atoms with Gasteiger partial charge in [0.05, 0.1) is 13.4 Å². The fourth-order valence-corrected chi connectivity index (χ4v) is 5.30. The maximum atomic E-state index is 13.7. The van der Waals surface area contributed by atoms with Gasteiger partial charge in [0, 0.05) is 13.1 Å². The van der Waals surface area contributed by atoms with Gasteiger partial charge in [0.25, 0.3) is 5.56 Å². The molecule has 2 saturated heterocycles. The summed E-state index contributed by atoms with van der Waals surface area (Å²) in [7, 11) is 1.29. The Balaban J connectivity index is 1.78. The van der Waals surface area contributed by atoms with Gasteiger partial charge >= 0.3 is 11.7 Å². The minimum Gasteiger partial charge on any atom is -0.467 e. The summed E-state index contributed by atoms with van der Waals surface area (Å²) in [5.74, 6) is -1.52. The van der Waals surface area contributed by atoms with Gasteiger partial charge in [0.15, 0.2) is 29.3 Å². The molecule has 0 aliphatic carbocycles. The van der Waals surface area contributed by atoms with Crippen LogP contribution < -0.4 is 11.2 Å². The van der Waals surface area contributed by atoms with Crippen LogP contribution in [0.15, 0.2) is 15.9 Å². The number of carbonyl (C=O) groups is 1. The van der Waals surface area contributed by atoms with Crippen molar-refractivity contribution >= 4 is 17.1 Å². The summed E-state index contributed by atoms with van der Waals surface area (Å²) in [4.78, 5) is 44.2. The molecule has 206 valence electrons. The predicted molar refractivity (Wildman–Crippen MR) is 136 cm³/mol. The predicted octanol–water partition coefficient (Wildman–Crippen LogP) is 3.11. The Kier molecular flexibility index (Phi) is 8.55. The van der Waals surface area contributed by atoms with E-state index < -0.39 is 41.9 Å². The summed E-state index contributed by atoms with van der Waals surface area (Å²) < 4.78 is 27.6. The number of aromatic nitrogens is 4. The number of unbranched alkanes of at least 4 members (excludes halogenated alkanes) is 6. The van der Waals surface area contributed by atoms with Gasteiger partial charge in [-0.15, -0.1) is 0 Å². The largest absolute Gasteiger partial charge is 0.467 e. The lowest BCUT2D eigenvalue weighted by Crippen LogP contribution is -2.41. The molecule has 11 nitrogen and oxygen atoms in total. The smallest absolute Gasteiger partial charge is 0.337 e. The molecular formula is C26H40N4O7. The normalized spacial score (nSPS) is 24.6. The van der Waals surface area contributed by atoms with Crippen LogP contribution in [-0.2, 0) is 36.8 Å². The topological polar surface area (TPSA) is 116 Å². The van der Waals surface area contributed by atoms with Crippen LogP contribution >= 0.6 is 0 Å². The van der Waals surface area contributed by atoms with E-state index in [-0.39, 0.29) is 11.2 Å². The van der Waals surface area contributed by atoms with Gasteiger partial charge in [0.1, 0.15) is 12.2 Å². The number of esters is 1. The van der Waals surface area contributed by atoms with E-state index in [1.54, 1.807) is 23.0 Å². The molecule has 4 atom stereocenters. The Morgan fingerprint density at radius 3 is 2.22 bits per heavy atom. The van der Waals surface area contributed by atoms with Crippen LogP contribution in [-0.4, -0.2) is 55.9 Å². The number of nitrogens with zero attached hydrogens (tertiary/aromatic N) is 4. The number of ether oxygens (including phenoxy) is 4. The summed E-state index contributed by atoms with van der Waals surface area (Å²) in [6, 6.07) is 0. The first kappa shape index (κ1) is 27.5. The standard InChI is InChI=1S/C26H40N4O7/c1-6-8-10-12-14-28-21-17(22(31)29(25(28)33)15-13-11-9-7-2)30(16-27-21)23-19-18(36-26(3,4)37-19)20(35-23)24(32)34-5/h16,18-20,23H,6-15H2,1-5H3/t18-,19+,20-,23+/m0/s1. The molecule has 0 spiro atoms. The Hall–Kier alpha value is -2.50. The van der Waals surface area contributed by atoms with Crippen molar-refractivity contribution in [1.29, 1.82) is 0 Å². The highest BCUT2D eigenvalue weighted by Crippen LogP contribution is 2.43. The Labute approximate surface area is 216 Å². The number of rotatable bonds is 12. The van der Waals surface area contributed by atoms with Crippen molar-refractivity contribution in [2.24, 2.45) is 0 Å². The molecule has 2 aliphatic rings. The first-order valence-electron chi connectivity index (χ1n) is 13.5. The van der Waals surface area contributed by atoms with E-state index in [4.69, 9.17) is 18.9 Å². The van der Waals surface area contributed by atoms with E-state index in [9.17, 15) is 14.4 Å². The summed E-state index contributed by atoms with van der Waals surface area (Å²) in [6.45, 7) is 8.58. The quantitative estimate of drug-likeness (QED) is 0.310. The average Bonchev–Trinajstić information content (AvgIpc) is 3.53. The highest BCUT2D eigenvalue weighted by molar-refractivity contribution is 5.76. The van der Waals surface area contributed by atoms with Crippen LogP contribution in [0.25, 0.3) is 11.2 Å². The Bertz CT molecular complexity index is 1210. The van der Waals surface area contributed by atoms with Gasteiger partial charge in [-0.05, 0) is 26.7 Å². The van der Waals surface area contributed by atoms with E-state index >= 15 is 0 Å². The van der Waals surface area contributed by atoms with Crippen molar-refractivity contribution in [3.63, 3.8) is 0 Å². The maximum Gasteiger partial charge on any atom is 0.337 e. The van der Waals surface area contributed by atoms with Crippen LogP contribution in [0.1, 0.15) is 85.3 Å². The van der Waals surface area contributed by atoms with Crippen molar-refractivity contribution in [2.45, 2.75) is 122 Å². The van der Waals surface area contributed by atoms with Crippen molar-refractivity contribution in [2.75, 3.05) is 7.11 Å². The molecule has 2 fully saturated rings. The average molecular weight is 521 g/mol. The van der Waals surface area contributed by atoms with Gasteiger partial charge in [0.2, 0.25) is 0 Å². The van der Waals surface area contributed by atoms with Crippen LogP contribution in [0.3, 0.4) is 0 Å². The van der Waals surface area contributed by atoms with E-state index in [1.807, 2.05) is 0 Å². The fourth-order valence-electron chi connectivity index (χ4n) is 5.30. The molecule has 2 aromatic rings. The number of hydrogen-bond acceptors (Lipinski definition) is 8. The molecule has 11 heteroatoms. The minimum absolute atomic E-state index is 0.258. The van der Waals surface area contributed by atoms with Crippen molar-refractivity contribution < 1.29 is 23.7 Å². The second-order valence-electron chi connectivity index (χ2n) is 10.4. The van der Waals surface area contributed by atoms with E-state index in [0.29, 0.717) is 18.7 Å². The third kappa shape index (κ3) is 5.39. The SMILES string of the molecule is CCCCCCn1c(=O)c2c(ncn2[C@@H]2O[C@H](C(=O)OC)[C@H]3OC(C)(C)O[C@H]32)n(CCCCCC)c1=O. The molecule has 4 rings (SSSR count). The van der Waals surface area contributed by atoms with Crippen molar-refractivity contribution in [3.05, 3.63) is 27.2 Å². The number of imidazole rings is 1. The molecule has 2 aliphatic heterocycles. The minimum atomic E-state index is -1.02. The van der Waals surface area contributed by atoms with Gasteiger partial charge in [-0.25, -0.2) is 14.6 Å². The van der Waals surface area contributed by atoms with Gasteiger partial charge in [-0.1, -0.05) is 52.4 Å². The Morgan fingerprint density at radius 2 is 1.59 bits per heavy atom. The summed E-state index contributed by atoms with van der Waals surface area (Å²) >= 11 is 0. The summed E-state index contributed by atoms with van der Waals surface area (Å²) in [5.41, 5.74) is -0.182. The molecule has 0 unspecified atom stereocenters. The van der Waals surface area contributed by atoms with E-state index in [0.717, 1.165) is 51.4 Å². The first-order valence-corrected chi connectivity index (χ1v) is 13.5. The zero-order chi connectivity index (χ0) is 26.7. The molecule has 37 heavy (non-hydrogen) atoms. The fraction of sp³-hybridized carbons (Fsp3) is 0.769. The molecule has 2 aromatic heterocycles. The second-order valence-corrected chi connectivity index (χ2v) is 10.4. The third-order valence-corrected chi connectivity index (χ3v) is 7.15. The number of fused-ring (bicyclic) bond motifs is 2. The van der Waals surface area contributed by atoms with Crippen LogP contribution in [0.4, 0.5) is 0 Å². The van der Waals surface area contributed by atoms with Crippen molar-refractivity contribution in [1.82, 2.24) is 18.7 Å². The van der Waals surface area contributed by atoms with E-state index in [1.165, 1.54) is 18.0 Å². The lowest BCUT2D eigenvalue weighted by molar-refractivity contribution is -0.203. The molecule has 0 N–H and O–H groups in total. The lowest BCUT2D eigenvalue weighted by atomic mass is 10.1. The number of hydrogen-bond donors (Lipinski definition) is 0. The van der Waals surface area contributed by atoms with Gasteiger partial charge in [-0.2, -0.15) is 0 Å². The van der Waals surface area contributed by atoms with Crippen molar-refractivity contribution in [3.8, 4) is 0 Å². The summed E-state index contributed by atoms with van der Waals surface area (Å²) in [6.07, 6.45) is 5.97. The third-order valence-electron chi connectivity index (χ3n) is 7.15. The number of aryl methyl sites for hydroxylation is 1.